The van der Waals surface area contributed by atoms with Crippen molar-refractivity contribution in [2.24, 2.45) is 0 Å². The SMILES string of the molecule is Nc1nc(OCc2ccccc2I)ncc1F. The molecule has 0 fully saturated rings. The molecule has 6 heteroatoms. The van der Waals surface area contributed by atoms with Gasteiger partial charge in [-0.15, -0.1) is 0 Å². The Bertz CT molecular complexity index is 536. The van der Waals surface area contributed by atoms with E-state index >= 15 is 0 Å². The fraction of sp³-hybridized carbons (Fsp3) is 0.0909. The lowest BCUT2D eigenvalue weighted by Gasteiger charge is -2.06. The summed E-state index contributed by atoms with van der Waals surface area (Å²) in [6, 6.07) is 7.84. The van der Waals surface area contributed by atoms with Gasteiger partial charge in [0.15, 0.2) is 11.6 Å². The summed E-state index contributed by atoms with van der Waals surface area (Å²) in [7, 11) is 0. The number of halogens is 2. The predicted molar refractivity (Wildman–Crippen MR) is 69.9 cm³/mol. The lowest BCUT2D eigenvalue weighted by Crippen LogP contribution is -2.04. The number of rotatable bonds is 3. The van der Waals surface area contributed by atoms with Gasteiger partial charge in [-0.25, -0.2) is 9.37 Å². The molecule has 1 aromatic carbocycles. The summed E-state index contributed by atoms with van der Waals surface area (Å²) < 4.78 is 19.2. The predicted octanol–water partition coefficient (Wildman–Crippen LogP) is 2.38. The Morgan fingerprint density at radius 1 is 1.35 bits per heavy atom. The molecule has 0 atom stereocenters. The number of aromatic nitrogens is 2. The molecule has 2 aromatic rings. The molecule has 0 aliphatic carbocycles. The van der Waals surface area contributed by atoms with Crippen LogP contribution in [0.25, 0.3) is 0 Å². The fourth-order valence-corrected chi connectivity index (χ4v) is 1.73. The van der Waals surface area contributed by atoms with Crippen molar-refractivity contribution in [2.75, 3.05) is 5.73 Å². The van der Waals surface area contributed by atoms with E-state index in [1.54, 1.807) is 0 Å². The van der Waals surface area contributed by atoms with Crippen LogP contribution in [0, 0.1) is 9.39 Å². The Morgan fingerprint density at radius 3 is 2.82 bits per heavy atom. The summed E-state index contributed by atoms with van der Waals surface area (Å²) in [6.07, 6.45) is 0.994. The highest BCUT2D eigenvalue weighted by Crippen LogP contribution is 2.15. The average molecular weight is 345 g/mol. The van der Waals surface area contributed by atoms with Crippen LogP contribution in [0.15, 0.2) is 30.5 Å². The van der Waals surface area contributed by atoms with E-state index in [9.17, 15) is 4.39 Å². The van der Waals surface area contributed by atoms with Crippen LogP contribution in [0.1, 0.15) is 5.56 Å². The normalized spacial score (nSPS) is 10.2. The van der Waals surface area contributed by atoms with Gasteiger partial charge >= 0.3 is 6.01 Å². The second-order valence-electron chi connectivity index (χ2n) is 3.27. The first-order chi connectivity index (χ1) is 8.16. The number of nitrogens with two attached hydrogens (primary N) is 1. The zero-order valence-electron chi connectivity index (χ0n) is 8.73. The smallest absolute Gasteiger partial charge is 0.318 e. The van der Waals surface area contributed by atoms with E-state index in [0.29, 0.717) is 6.61 Å². The Labute approximate surface area is 111 Å². The molecular weight excluding hydrogens is 336 g/mol. The molecule has 0 spiro atoms. The third-order valence-electron chi connectivity index (χ3n) is 2.06. The Morgan fingerprint density at radius 2 is 2.12 bits per heavy atom. The van der Waals surface area contributed by atoms with Crippen molar-refractivity contribution in [3.8, 4) is 6.01 Å². The van der Waals surface area contributed by atoms with Crippen LogP contribution in [0.5, 0.6) is 6.01 Å². The number of ether oxygens (including phenoxy) is 1. The minimum Gasteiger partial charge on any atom is -0.458 e. The summed E-state index contributed by atoms with van der Waals surface area (Å²) in [5, 5.41) is 0. The van der Waals surface area contributed by atoms with Crippen molar-refractivity contribution >= 4 is 28.4 Å². The third kappa shape index (κ3) is 3.02. The van der Waals surface area contributed by atoms with Crippen LogP contribution in [0.4, 0.5) is 10.2 Å². The van der Waals surface area contributed by atoms with E-state index in [1.165, 1.54) is 0 Å². The number of nitrogens with zero attached hydrogens (tertiary/aromatic N) is 2. The van der Waals surface area contributed by atoms with Gasteiger partial charge in [-0.3, -0.25) is 0 Å². The van der Waals surface area contributed by atoms with Gasteiger partial charge in [-0.05, 0) is 28.7 Å². The maximum atomic E-state index is 12.8. The van der Waals surface area contributed by atoms with Gasteiger partial charge < -0.3 is 10.5 Å². The lowest BCUT2D eigenvalue weighted by atomic mass is 10.2. The van der Waals surface area contributed by atoms with Gasteiger partial charge in [0, 0.05) is 9.13 Å². The molecule has 88 valence electrons. The van der Waals surface area contributed by atoms with E-state index in [4.69, 9.17) is 10.5 Å². The molecule has 0 saturated carbocycles. The van der Waals surface area contributed by atoms with Gasteiger partial charge in [0.2, 0.25) is 0 Å². The van der Waals surface area contributed by atoms with E-state index < -0.39 is 5.82 Å². The van der Waals surface area contributed by atoms with Crippen LogP contribution in [-0.2, 0) is 6.61 Å². The second kappa shape index (κ2) is 5.26. The Kier molecular flexibility index (Phi) is 3.72. The average Bonchev–Trinajstić information content (AvgIpc) is 2.32. The molecular formula is C11H9FIN3O. The Balaban J connectivity index is 2.08. The number of benzene rings is 1. The first-order valence-corrected chi connectivity index (χ1v) is 5.89. The molecule has 0 aliphatic rings. The van der Waals surface area contributed by atoms with Gasteiger partial charge in [0.05, 0.1) is 6.20 Å². The molecule has 17 heavy (non-hydrogen) atoms. The van der Waals surface area contributed by atoms with Crippen LogP contribution in [0.2, 0.25) is 0 Å². The zero-order valence-corrected chi connectivity index (χ0v) is 10.9. The topological polar surface area (TPSA) is 61.0 Å². The summed E-state index contributed by atoms with van der Waals surface area (Å²) >= 11 is 2.21. The van der Waals surface area contributed by atoms with Crippen molar-refractivity contribution in [2.45, 2.75) is 6.61 Å². The molecule has 2 rings (SSSR count). The van der Waals surface area contributed by atoms with Crippen molar-refractivity contribution in [1.82, 2.24) is 9.97 Å². The molecule has 1 heterocycles. The summed E-state index contributed by atoms with van der Waals surface area (Å²) in [5.41, 5.74) is 6.33. The number of hydrogen-bond acceptors (Lipinski definition) is 4. The second-order valence-corrected chi connectivity index (χ2v) is 4.43. The van der Waals surface area contributed by atoms with Gasteiger partial charge in [0.1, 0.15) is 6.61 Å². The first kappa shape index (κ1) is 12.0. The van der Waals surface area contributed by atoms with Crippen LogP contribution in [0.3, 0.4) is 0 Å². The van der Waals surface area contributed by atoms with Crippen molar-refractivity contribution < 1.29 is 9.13 Å². The molecule has 0 amide bonds. The number of anilines is 1. The lowest BCUT2D eigenvalue weighted by molar-refractivity contribution is 0.279. The fourth-order valence-electron chi connectivity index (χ4n) is 1.19. The van der Waals surface area contributed by atoms with Gasteiger partial charge in [-0.1, -0.05) is 18.2 Å². The standard InChI is InChI=1S/C11H9FIN3O/c12-8-5-15-11(16-10(8)14)17-6-7-3-1-2-4-9(7)13/h1-5H,6H2,(H2,14,15,16). The molecule has 0 aliphatic heterocycles. The quantitative estimate of drug-likeness (QED) is 0.868. The van der Waals surface area contributed by atoms with Crippen LogP contribution < -0.4 is 10.5 Å². The third-order valence-corrected chi connectivity index (χ3v) is 3.12. The van der Waals surface area contributed by atoms with Crippen molar-refractivity contribution in [3.63, 3.8) is 0 Å². The number of nitrogen functional groups attached to an aromatic ring is 1. The maximum absolute atomic E-state index is 12.8. The molecule has 1 aromatic heterocycles. The monoisotopic (exact) mass is 345 g/mol. The first-order valence-electron chi connectivity index (χ1n) is 4.81. The highest BCUT2D eigenvalue weighted by Gasteiger charge is 2.05. The summed E-state index contributed by atoms with van der Waals surface area (Å²) in [4.78, 5) is 7.38. The minimum atomic E-state index is -0.647. The molecule has 0 radical (unpaired) electrons. The summed E-state index contributed by atoms with van der Waals surface area (Å²) in [6.45, 7) is 0.324. The molecule has 2 N–H and O–H groups in total. The van der Waals surface area contributed by atoms with Gasteiger partial charge in [0.25, 0.3) is 0 Å². The zero-order chi connectivity index (χ0) is 12.3. The highest BCUT2D eigenvalue weighted by molar-refractivity contribution is 14.1. The van der Waals surface area contributed by atoms with E-state index in [0.717, 1.165) is 15.3 Å². The Hall–Kier alpha value is -1.44. The highest BCUT2D eigenvalue weighted by atomic mass is 127. The van der Waals surface area contributed by atoms with Crippen molar-refractivity contribution in [3.05, 3.63) is 45.4 Å². The van der Waals surface area contributed by atoms with Crippen molar-refractivity contribution in [1.29, 1.82) is 0 Å². The molecule has 0 saturated heterocycles. The largest absolute Gasteiger partial charge is 0.458 e. The van der Waals surface area contributed by atoms with Gasteiger partial charge in [-0.2, -0.15) is 4.98 Å². The molecule has 4 nitrogen and oxygen atoms in total. The van der Waals surface area contributed by atoms with E-state index in [2.05, 4.69) is 32.6 Å². The van der Waals surface area contributed by atoms with E-state index in [1.807, 2.05) is 24.3 Å². The number of hydrogen-bond donors (Lipinski definition) is 1. The summed E-state index contributed by atoms with van der Waals surface area (Å²) in [5.74, 6) is -0.857. The van der Waals surface area contributed by atoms with Crippen LogP contribution >= 0.6 is 22.6 Å². The van der Waals surface area contributed by atoms with E-state index in [-0.39, 0.29) is 11.8 Å². The molecule has 0 unspecified atom stereocenters. The van der Waals surface area contributed by atoms with Crippen LogP contribution in [-0.4, -0.2) is 9.97 Å². The molecule has 0 bridgehead atoms. The maximum Gasteiger partial charge on any atom is 0.318 e. The minimum absolute atomic E-state index is 0.0727.